The highest BCUT2D eigenvalue weighted by molar-refractivity contribution is 7.92. The standard InChI is InChI=1S/C20H16ClN3O5S/c1-13-9-10-15(22-20(25)17-7-2-3-8-18(17)24(26)27)12-19(13)30(28,29)23-16-6-4-5-14(21)11-16/h2-12,23H,1H3,(H,22,25). The zero-order valence-electron chi connectivity index (χ0n) is 15.6. The molecule has 2 N–H and O–H groups in total. The van der Waals surface area contributed by atoms with Crippen LogP contribution >= 0.6 is 11.6 Å². The lowest BCUT2D eigenvalue weighted by molar-refractivity contribution is -0.385. The lowest BCUT2D eigenvalue weighted by Crippen LogP contribution is -2.17. The van der Waals surface area contributed by atoms with Gasteiger partial charge >= 0.3 is 0 Å². The zero-order valence-corrected chi connectivity index (χ0v) is 17.2. The number of aryl methyl sites for hydroxylation is 1. The fraction of sp³-hybridized carbons (Fsp3) is 0.0500. The second-order valence-electron chi connectivity index (χ2n) is 6.32. The van der Waals surface area contributed by atoms with Crippen LogP contribution in [0.4, 0.5) is 17.1 Å². The average Bonchev–Trinajstić information content (AvgIpc) is 2.69. The molecular formula is C20H16ClN3O5S. The van der Waals surface area contributed by atoms with E-state index in [0.29, 0.717) is 10.6 Å². The summed E-state index contributed by atoms with van der Waals surface area (Å²) in [6.45, 7) is 1.61. The van der Waals surface area contributed by atoms with Crippen LogP contribution < -0.4 is 10.0 Å². The van der Waals surface area contributed by atoms with Gasteiger partial charge in [-0.2, -0.15) is 0 Å². The van der Waals surface area contributed by atoms with Gasteiger partial charge in [-0.3, -0.25) is 19.6 Å². The number of para-hydroxylation sites is 1. The van der Waals surface area contributed by atoms with E-state index in [2.05, 4.69) is 10.0 Å². The van der Waals surface area contributed by atoms with E-state index in [9.17, 15) is 23.3 Å². The molecule has 0 saturated carbocycles. The number of amides is 1. The normalized spacial score (nSPS) is 11.0. The average molecular weight is 446 g/mol. The molecule has 3 aromatic rings. The van der Waals surface area contributed by atoms with Gasteiger partial charge in [-0.05, 0) is 48.9 Å². The first kappa shape index (κ1) is 21.3. The van der Waals surface area contributed by atoms with E-state index < -0.39 is 20.9 Å². The van der Waals surface area contributed by atoms with Crippen LogP contribution in [0, 0.1) is 17.0 Å². The van der Waals surface area contributed by atoms with E-state index >= 15 is 0 Å². The Morgan fingerprint density at radius 1 is 1.00 bits per heavy atom. The lowest BCUT2D eigenvalue weighted by atomic mass is 10.1. The van der Waals surface area contributed by atoms with Crippen LogP contribution in [0.5, 0.6) is 0 Å². The number of rotatable bonds is 6. The number of halogens is 1. The number of nitrogens with zero attached hydrogens (tertiary/aromatic N) is 1. The van der Waals surface area contributed by atoms with Crippen LogP contribution in [0.1, 0.15) is 15.9 Å². The Hall–Kier alpha value is -3.43. The van der Waals surface area contributed by atoms with Crippen LogP contribution in [0.3, 0.4) is 0 Å². The topological polar surface area (TPSA) is 118 Å². The number of hydrogen-bond acceptors (Lipinski definition) is 5. The van der Waals surface area contributed by atoms with Crippen molar-refractivity contribution in [1.29, 1.82) is 0 Å². The van der Waals surface area contributed by atoms with Crippen molar-refractivity contribution in [2.75, 3.05) is 10.0 Å². The first-order valence-corrected chi connectivity index (χ1v) is 10.5. The third-order valence-electron chi connectivity index (χ3n) is 4.16. The molecule has 0 fully saturated rings. The summed E-state index contributed by atoms with van der Waals surface area (Å²) in [5.74, 6) is -0.725. The minimum Gasteiger partial charge on any atom is -0.322 e. The second kappa shape index (κ2) is 8.52. The highest BCUT2D eigenvalue weighted by Gasteiger charge is 2.21. The summed E-state index contributed by atoms with van der Waals surface area (Å²) in [6, 6.07) is 16.1. The van der Waals surface area contributed by atoms with Gasteiger partial charge in [0, 0.05) is 16.8 Å². The number of nitro benzene ring substituents is 1. The second-order valence-corrected chi connectivity index (χ2v) is 8.41. The van der Waals surface area contributed by atoms with Crippen molar-refractivity contribution in [2.45, 2.75) is 11.8 Å². The smallest absolute Gasteiger partial charge is 0.282 e. The first-order chi connectivity index (χ1) is 14.2. The van der Waals surface area contributed by atoms with Crippen LogP contribution in [0.15, 0.2) is 71.6 Å². The predicted octanol–water partition coefficient (Wildman–Crippen LogP) is 4.61. The number of carbonyl (C=O) groups excluding carboxylic acids is 1. The fourth-order valence-corrected chi connectivity index (χ4v) is 4.26. The summed E-state index contributed by atoms with van der Waals surface area (Å²) in [5.41, 5.74) is 0.432. The van der Waals surface area contributed by atoms with Crippen molar-refractivity contribution < 1.29 is 18.1 Å². The van der Waals surface area contributed by atoms with E-state index in [-0.39, 0.29) is 27.5 Å². The fourth-order valence-electron chi connectivity index (χ4n) is 2.75. The molecule has 0 radical (unpaired) electrons. The third kappa shape index (κ3) is 4.76. The molecule has 154 valence electrons. The molecule has 10 heteroatoms. The van der Waals surface area contributed by atoms with Crippen molar-refractivity contribution in [2.24, 2.45) is 0 Å². The quantitative estimate of drug-likeness (QED) is 0.424. The van der Waals surface area contributed by atoms with Crippen molar-refractivity contribution in [1.82, 2.24) is 0 Å². The van der Waals surface area contributed by atoms with Gasteiger partial charge in [0.1, 0.15) is 5.56 Å². The van der Waals surface area contributed by atoms with Gasteiger partial charge in [0.15, 0.2) is 0 Å². The number of sulfonamides is 1. The van der Waals surface area contributed by atoms with Crippen LogP contribution in [-0.4, -0.2) is 19.2 Å². The maximum Gasteiger partial charge on any atom is 0.282 e. The highest BCUT2D eigenvalue weighted by Crippen LogP contribution is 2.25. The van der Waals surface area contributed by atoms with Crippen LogP contribution in [0.2, 0.25) is 5.02 Å². The zero-order chi connectivity index (χ0) is 21.9. The Morgan fingerprint density at radius 3 is 2.43 bits per heavy atom. The maximum atomic E-state index is 12.8. The van der Waals surface area contributed by atoms with Crippen molar-refractivity contribution in [3.05, 3.63) is 93.0 Å². The minimum absolute atomic E-state index is 0.0529. The predicted molar refractivity (Wildman–Crippen MR) is 114 cm³/mol. The van der Waals surface area contributed by atoms with Crippen molar-refractivity contribution >= 4 is 44.6 Å². The number of benzene rings is 3. The molecule has 1 amide bonds. The first-order valence-electron chi connectivity index (χ1n) is 8.61. The number of nitrogens with one attached hydrogen (secondary N) is 2. The number of hydrogen-bond donors (Lipinski definition) is 2. The van der Waals surface area contributed by atoms with Gasteiger partial charge in [-0.1, -0.05) is 35.9 Å². The molecule has 3 rings (SSSR count). The summed E-state index contributed by atoms with van der Waals surface area (Å²) >= 11 is 5.90. The monoisotopic (exact) mass is 445 g/mol. The molecule has 0 aliphatic heterocycles. The SMILES string of the molecule is Cc1ccc(NC(=O)c2ccccc2[N+](=O)[O-])cc1S(=O)(=O)Nc1cccc(Cl)c1. The molecule has 3 aromatic carbocycles. The molecular weight excluding hydrogens is 430 g/mol. The van der Waals surface area contributed by atoms with Crippen LogP contribution in [0.25, 0.3) is 0 Å². The van der Waals surface area contributed by atoms with Gasteiger partial charge < -0.3 is 5.32 Å². The van der Waals surface area contributed by atoms with Gasteiger partial charge in [0.2, 0.25) is 0 Å². The summed E-state index contributed by atoms with van der Waals surface area (Å²) in [4.78, 5) is 22.9. The minimum atomic E-state index is -3.97. The Kier molecular flexibility index (Phi) is 6.04. The van der Waals surface area contributed by atoms with Gasteiger partial charge in [0.25, 0.3) is 21.6 Å². The Morgan fingerprint density at radius 2 is 1.73 bits per heavy atom. The molecule has 0 unspecified atom stereocenters. The molecule has 0 heterocycles. The molecule has 0 atom stereocenters. The van der Waals surface area contributed by atoms with Gasteiger partial charge in [-0.15, -0.1) is 0 Å². The van der Waals surface area contributed by atoms with Crippen LogP contribution in [-0.2, 0) is 10.0 Å². The molecule has 30 heavy (non-hydrogen) atoms. The van der Waals surface area contributed by atoms with Crippen molar-refractivity contribution in [3.63, 3.8) is 0 Å². The molecule has 0 aliphatic rings. The largest absolute Gasteiger partial charge is 0.322 e. The van der Waals surface area contributed by atoms with Crippen molar-refractivity contribution in [3.8, 4) is 0 Å². The summed E-state index contributed by atoms with van der Waals surface area (Å²) < 4.78 is 28.1. The summed E-state index contributed by atoms with van der Waals surface area (Å²) in [7, 11) is -3.97. The lowest BCUT2D eigenvalue weighted by Gasteiger charge is -2.13. The van der Waals surface area contributed by atoms with E-state index in [4.69, 9.17) is 11.6 Å². The highest BCUT2D eigenvalue weighted by atomic mass is 35.5. The van der Waals surface area contributed by atoms with E-state index in [1.807, 2.05) is 0 Å². The molecule has 8 nitrogen and oxygen atoms in total. The molecule has 0 bridgehead atoms. The van der Waals surface area contributed by atoms with Gasteiger partial charge in [0.05, 0.1) is 15.5 Å². The Balaban J connectivity index is 1.90. The molecule has 0 aliphatic carbocycles. The molecule has 0 saturated heterocycles. The molecule has 0 spiro atoms. The van der Waals surface area contributed by atoms with E-state index in [1.54, 1.807) is 25.1 Å². The third-order valence-corrected chi connectivity index (χ3v) is 5.92. The molecule has 0 aromatic heterocycles. The maximum absolute atomic E-state index is 12.8. The summed E-state index contributed by atoms with van der Waals surface area (Å²) in [5, 5.41) is 14.0. The van der Waals surface area contributed by atoms with E-state index in [1.165, 1.54) is 48.5 Å². The number of nitro groups is 1. The van der Waals surface area contributed by atoms with E-state index in [0.717, 1.165) is 0 Å². The Labute approximate surface area is 177 Å². The summed E-state index contributed by atoms with van der Waals surface area (Å²) in [6.07, 6.45) is 0. The number of carbonyl (C=O) groups is 1. The Bertz CT molecular complexity index is 1240. The number of anilines is 2. The van der Waals surface area contributed by atoms with Gasteiger partial charge in [-0.25, -0.2) is 8.42 Å².